The summed E-state index contributed by atoms with van der Waals surface area (Å²) in [5.74, 6) is -0.0376. The molecule has 1 aliphatic heterocycles. The molecular formula is C24H29N3O6S. The zero-order valence-electron chi connectivity index (χ0n) is 19.5. The number of rotatable bonds is 10. The van der Waals surface area contributed by atoms with E-state index in [4.69, 9.17) is 15.2 Å². The summed E-state index contributed by atoms with van der Waals surface area (Å²) in [5, 5.41) is 0. The number of anilines is 1. The van der Waals surface area contributed by atoms with Crippen LogP contribution in [0.25, 0.3) is 6.08 Å². The quantitative estimate of drug-likeness (QED) is 0.513. The van der Waals surface area contributed by atoms with Gasteiger partial charge < -0.3 is 20.1 Å². The summed E-state index contributed by atoms with van der Waals surface area (Å²) in [6.45, 7) is 4.60. The fourth-order valence-electron chi connectivity index (χ4n) is 3.79. The first-order valence-corrected chi connectivity index (χ1v) is 12.4. The van der Waals surface area contributed by atoms with Crippen molar-refractivity contribution in [2.75, 3.05) is 38.3 Å². The number of benzene rings is 2. The van der Waals surface area contributed by atoms with Crippen molar-refractivity contribution in [3.05, 3.63) is 53.6 Å². The van der Waals surface area contributed by atoms with Crippen LogP contribution in [0.1, 0.15) is 25.0 Å². The Kier molecular flexibility index (Phi) is 7.95. The summed E-state index contributed by atoms with van der Waals surface area (Å²) in [7, 11) is -2.08. The van der Waals surface area contributed by atoms with Gasteiger partial charge in [-0.3, -0.25) is 9.59 Å². The minimum atomic E-state index is -3.56. The number of sulfonamides is 1. The molecule has 2 aromatic rings. The van der Waals surface area contributed by atoms with Gasteiger partial charge >= 0.3 is 0 Å². The molecule has 9 nitrogen and oxygen atoms in total. The molecule has 0 bridgehead atoms. The number of carbonyl (C=O) groups is 2. The number of primary amides is 1. The molecule has 0 aliphatic carbocycles. The minimum Gasteiger partial charge on any atom is -0.493 e. The fraction of sp³-hybridized carbons (Fsp3) is 0.333. The van der Waals surface area contributed by atoms with Crippen molar-refractivity contribution in [2.45, 2.75) is 25.2 Å². The smallest absolute Gasteiger partial charge is 0.255 e. The maximum Gasteiger partial charge on any atom is 0.255 e. The number of amides is 2. The Hall–Kier alpha value is -3.37. The van der Waals surface area contributed by atoms with Crippen LogP contribution in [0.4, 0.5) is 5.69 Å². The van der Waals surface area contributed by atoms with Crippen LogP contribution in [0.5, 0.6) is 11.5 Å². The molecule has 182 valence electrons. The molecule has 0 saturated heterocycles. The van der Waals surface area contributed by atoms with Crippen LogP contribution in [0.15, 0.2) is 47.4 Å². The number of nitrogens with zero attached hydrogens (tertiary/aromatic N) is 2. The van der Waals surface area contributed by atoms with Gasteiger partial charge in [-0.2, -0.15) is 4.31 Å². The van der Waals surface area contributed by atoms with E-state index in [0.29, 0.717) is 48.8 Å². The third-order valence-corrected chi connectivity index (χ3v) is 7.58. The van der Waals surface area contributed by atoms with Gasteiger partial charge in [-0.15, -0.1) is 0 Å². The van der Waals surface area contributed by atoms with E-state index < -0.39 is 15.9 Å². The highest BCUT2D eigenvalue weighted by Gasteiger charge is 2.27. The average molecular weight is 488 g/mol. The number of methoxy groups -OCH3 is 1. The van der Waals surface area contributed by atoms with E-state index in [1.807, 2.05) is 0 Å². The second-order valence-corrected chi connectivity index (χ2v) is 9.56. The summed E-state index contributed by atoms with van der Waals surface area (Å²) in [4.78, 5) is 25.7. The summed E-state index contributed by atoms with van der Waals surface area (Å²) < 4.78 is 37.6. The average Bonchev–Trinajstić information content (AvgIpc) is 3.25. The van der Waals surface area contributed by atoms with Crippen LogP contribution < -0.4 is 20.1 Å². The highest BCUT2D eigenvalue weighted by Crippen LogP contribution is 2.32. The lowest BCUT2D eigenvalue weighted by atomic mass is 10.1. The van der Waals surface area contributed by atoms with E-state index >= 15 is 0 Å². The number of fused-ring (bicyclic) bond motifs is 1. The summed E-state index contributed by atoms with van der Waals surface area (Å²) in [5.41, 5.74) is 7.34. The van der Waals surface area contributed by atoms with E-state index in [2.05, 4.69) is 0 Å². The zero-order chi connectivity index (χ0) is 24.9. The van der Waals surface area contributed by atoms with Crippen LogP contribution in [0.3, 0.4) is 0 Å². The molecule has 0 atom stereocenters. The standard InChI is InChI=1S/C24H29N3O6S/c1-4-26(5-2)34(30,31)19-8-9-20-18(15-19)12-13-27(20)24(29)11-7-17-6-10-21(22(14-17)32-3)33-16-23(25)28/h6-11,14-15H,4-5,12-13,16H2,1-3H3,(H2,25,28)/b11-7+. The molecule has 0 fully saturated rings. The molecule has 10 heteroatoms. The van der Waals surface area contributed by atoms with Crippen molar-refractivity contribution < 1.29 is 27.5 Å². The molecule has 34 heavy (non-hydrogen) atoms. The van der Waals surface area contributed by atoms with Crippen molar-refractivity contribution in [2.24, 2.45) is 5.73 Å². The van der Waals surface area contributed by atoms with Gasteiger partial charge in [-0.05, 0) is 54.0 Å². The number of hydrogen-bond donors (Lipinski definition) is 1. The molecule has 2 amide bonds. The lowest BCUT2D eigenvalue weighted by molar-refractivity contribution is -0.120. The molecule has 0 spiro atoms. The number of carbonyl (C=O) groups excluding carboxylic acids is 2. The Bertz CT molecular complexity index is 1210. The van der Waals surface area contributed by atoms with Gasteiger partial charge in [0.05, 0.1) is 12.0 Å². The van der Waals surface area contributed by atoms with Gasteiger partial charge in [0, 0.05) is 31.4 Å². The lowest BCUT2D eigenvalue weighted by Gasteiger charge is -2.19. The van der Waals surface area contributed by atoms with Crippen LogP contribution in [-0.4, -0.2) is 57.9 Å². The summed E-state index contributed by atoms with van der Waals surface area (Å²) in [6, 6.07) is 9.95. The normalized spacial score (nSPS) is 13.4. The van der Waals surface area contributed by atoms with E-state index in [1.54, 1.807) is 61.2 Å². The molecular weight excluding hydrogens is 458 g/mol. The third kappa shape index (κ3) is 5.40. The molecule has 3 rings (SSSR count). The minimum absolute atomic E-state index is 0.217. The zero-order valence-corrected chi connectivity index (χ0v) is 20.3. The summed E-state index contributed by atoms with van der Waals surface area (Å²) in [6.07, 6.45) is 3.69. The Morgan fingerprint density at radius 2 is 1.85 bits per heavy atom. The maximum atomic E-state index is 12.9. The van der Waals surface area contributed by atoms with Gasteiger partial charge in [0.2, 0.25) is 10.0 Å². The van der Waals surface area contributed by atoms with Crippen LogP contribution in [0.2, 0.25) is 0 Å². The van der Waals surface area contributed by atoms with Crippen molar-refractivity contribution >= 4 is 33.6 Å². The molecule has 0 radical (unpaired) electrons. The predicted molar refractivity (Wildman–Crippen MR) is 129 cm³/mol. The third-order valence-electron chi connectivity index (χ3n) is 5.53. The van der Waals surface area contributed by atoms with Crippen molar-refractivity contribution in [3.63, 3.8) is 0 Å². The Morgan fingerprint density at radius 1 is 1.12 bits per heavy atom. The van der Waals surface area contributed by atoms with Gasteiger partial charge in [0.1, 0.15) is 0 Å². The molecule has 2 aromatic carbocycles. The SMILES string of the molecule is CCN(CC)S(=O)(=O)c1ccc2c(c1)CCN2C(=O)/C=C/c1ccc(OCC(N)=O)c(OC)c1. The topological polar surface area (TPSA) is 119 Å². The first kappa shape index (κ1) is 25.3. The number of nitrogens with two attached hydrogens (primary N) is 1. The van der Waals surface area contributed by atoms with E-state index in [1.165, 1.54) is 17.5 Å². The Labute approximate surface area is 199 Å². The molecule has 1 heterocycles. The van der Waals surface area contributed by atoms with E-state index in [9.17, 15) is 18.0 Å². The summed E-state index contributed by atoms with van der Waals surface area (Å²) >= 11 is 0. The molecule has 2 N–H and O–H groups in total. The Morgan fingerprint density at radius 3 is 2.50 bits per heavy atom. The van der Waals surface area contributed by atoms with Crippen molar-refractivity contribution in [1.29, 1.82) is 0 Å². The second-order valence-electron chi connectivity index (χ2n) is 7.62. The highest BCUT2D eigenvalue weighted by atomic mass is 32.2. The van der Waals surface area contributed by atoms with Gasteiger partial charge in [0.15, 0.2) is 18.1 Å². The van der Waals surface area contributed by atoms with Gasteiger partial charge in [-0.1, -0.05) is 19.9 Å². The Balaban J connectivity index is 1.76. The van der Waals surface area contributed by atoms with Crippen molar-refractivity contribution in [3.8, 4) is 11.5 Å². The van der Waals surface area contributed by atoms with E-state index in [-0.39, 0.29) is 17.4 Å². The van der Waals surface area contributed by atoms with Gasteiger partial charge in [-0.25, -0.2) is 8.42 Å². The monoisotopic (exact) mass is 487 g/mol. The second kappa shape index (κ2) is 10.7. The van der Waals surface area contributed by atoms with E-state index in [0.717, 1.165) is 5.56 Å². The van der Waals surface area contributed by atoms with Gasteiger partial charge in [0.25, 0.3) is 11.8 Å². The first-order chi connectivity index (χ1) is 16.2. The first-order valence-electron chi connectivity index (χ1n) is 10.9. The molecule has 0 unspecified atom stereocenters. The molecule has 0 aromatic heterocycles. The number of ether oxygens (including phenoxy) is 2. The highest BCUT2D eigenvalue weighted by molar-refractivity contribution is 7.89. The van der Waals surface area contributed by atoms with Crippen LogP contribution in [0, 0.1) is 0 Å². The van der Waals surface area contributed by atoms with Crippen LogP contribution >= 0.6 is 0 Å². The number of hydrogen-bond acceptors (Lipinski definition) is 6. The largest absolute Gasteiger partial charge is 0.493 e. The van der Waals surface area contributed by atoms with Crippen molar-refractivity contribution in [1.82, 2.24) is 4.31 Å². The lowest BCUT2D eigenvalue weighted by Crippen LogP contribution is -2.30. The van der Waals surface area contributed by atoms with Crippen LogP contribution in [-0.2, 0) is 26.0 Å². The molecule has 1 aliphatic rings. The fourth-order valence-corrected chi connectivity index (χ4v) is 5.30. The predicted octanol–water partition coefficient (Wildman–Crippen LogP) is 2.19. The maximum absolute atomic E-state index is 12.9. The molecule has 0 saturated carbocycles.